The molecule has 3 nitrogen and oxygen atoms in total. The predicted octanol–water partition coefficient (Wildman–Crippen LogP) is 2.96. The van der Waals surface area contributed by atoms with Crippen LogP contribution in [0.2, 0.25) is 0 Å². The van der Waals surface area contributed by atoms with E-state index in [9.17, 15) is 0 Å². The first-order valence-corrected chi connectivity index (χ1v) is 5.58. The van der Waals surface area contributed by atoms with Crippen LogP contribution in [0.5, 0.6) is 0 Å². The number of benzene rings is 1. The summed E-state index contributed by atoms with van der Waals surface area (Å²) in [6, 6.07) is 3.91. The van der Waals surface area contributed by atoms with Crippen molar-refractivity contribution in [1.82, 2.24) is 13.7 Å². The second-order valence-corrected chi connectivity index (χ2v) is 4.79. The Morgan fingerprint density at radius 1 is 1.31 bits per heavy atom. The molecule has 0 fully saturated rings. The van der Waals surface area contributed by atoms with Crippen molar-refractivity contribution in [3.05, 3.63) is 16.1 Å². The molecule has 13 heavy (non-hydrogen) atoms. The largest absolute Gasteiger partial charge is 0.292 e. The number of rotatable bonds is 0. The summed E-state index contributed by atoms with van der Waals surface area (Å²) in [6.45, 7) is 0. The maximum Gasteiger partial charge on any atom is 0.181 e. The Morgan fingerprint density at radius 2 is 2.15 bits per heavy atom. The summed E-state index contributed by atoms with van der Waals surface area (Å²) in [5, 5.41) is 0. The first kappa shape index (κ1) is 7.54. The Bertz CT molecular complexity index is 633. The van der Waals surface area contributed by atoms with Crippen molar-refractivity contribution in [2.75, 3.05) is 0 Å². The molecule has 1 N–H and O–H groups in total. The van der Waals surface area contributed by atoms with E-state index < -0.39 is 0 Å². The van der Waals surface area contributed by atoms with Crippen LogP contribution in [0.3, 0.4) is 0 Å². The third kappa shape index (κ3) is 1.03. The first-order valence-electron chi connectivity index (χ1n) is 3.58. The summed E-state index contributed by atoms with van der Waals surface area (Å²) >= 11 is 7.90. The summed E-state index contributed by atoms with van der Waals surface area (Å²) in [4.78, 5) is 4.23. The molecule has 0 aliphatic heterocycles. The zero-order valence-electron chi connectivity index (χ0n) is 6.27. The number of hydrogen-bond acceptors (Lipinski definition) is 5. The van der Waals surface area contributed by atoms with E-state index in [1.165, 1.54) is 23.1 Å². The molecule has 3 rings (SSSR count). The van der Waals surface area contributed by atoms with E-state index in [-0.39, 0.29) is 0 Å². The highest BCUT2D eigenvalue weighted by atomic mass is 32.1. The second-order valence-electron chi connectivity index (χ2n) is 2.57. The highest BCUT2D eigenvalue weighted by molar-refractivity contribution is 7.73. The predicted molar refractivity (Wildman–Crippen MR) is 58.0 cm³/mol. The summed E-state index contributed by atoms with van der Waals surface area (Å²) in [5.41, 5.74) is 2.99. The van der Waals surface area contributed by atoms with Gasteiger partial charge >= 0.3 is 0 Å². The molecule has 2 heterocycles. The van der Waals surface area contributed by atoms with E-state index in [4.69, 9.17) is 12.2 Å². The van der Waals surface area contributed by atoms with E-state index in [1.807, 2.05) is 12.1 Å². The van der Waals surface area contributed by atoms with Crippen LogP contribution in [0.25, 0.3) is 21.3 Å². The average Bonchev–Trinajstić information content (AvgIpc) is 2.65. The Hall–Kier alpha value is -0.850. The van der Waals surface area contributed by atoms with Gasteiger partial charge in [-0.3, -0.25) is 4.37 Å². The highest BCUT2D eigenvalue weighted by Gasteiger charge is 2.05. The topological polar surface area (TPSA) is 41.6 Å². The molecule has 0 unspecified atom stereocenters. The van der Waals surface area contributed by atoms with Crippen LogP contribution in [0.1, 0.15) is 0 Å². The number of nitrogens with zero attached hydrogens (tertiary/aromatic N) is 2. The van der Waals surface area contributed by atoms with Gasteiger partial charge in [-0.15, -0.1) is 11.3 Å². The molecular formula is C7H3N3S3. The molecule has 0 radical (unpaired) electrons. The van der Waals surface area contributed by atoms with E-state index in [0.29, 0.717) is 3.95 Å². The summed E-state index contributed by atoms with van der Waals surface area (Å²) < 4.78 is 9.13. The molecule has 0 spiro atoms. The maximum atomic E-state index is 5.03. The molecule has 0 bridgehead atoms. The van der Waals surface area contributed by atoms with Gasteiger partial charge in [-0.25, -0.2) is 4.98 Å². The van der Waals surface area contributed by atoms with Crippen molar-refractivity contribution in [2.45, 2.75) is 0 Å². The first-order chi connectivity index (χ1) is 6.34. The summed E-state index contributed by atoms with van der Waals surface area (Å²) in [6.07, 6.45) is 0. The average molecular weight is 225 g/mol. The van der Waals surface area contributed by atoms with E-state index in [1.54, 1.807) is 0 Å². The van der Waals surface area contributed by atoms with Crippen LogP contribution in [-0.4, -0.2) is 13.7 Å². The zero-order valence-corrected chi connectivity index (χ0v) is 8.72. The molecule has 0 aliphatic rings. The number of aromatic amines is 1. The van der Waals surface area contributed by atoms with Gasteiger partial charge in [0.1, 0.15) is 5.52 Å². The van der Waals surface area contributed by atoms with Gasteiger partial charge in [-0.1, -0.05) is 0 Å². The molecule has 0 amide bonds. The van der Waals surface area contributed by atoms with Crippen LogP contribution < -0.4 is 0 Å². The van der Waals surface area contributed by atoms with Crippen LogP contribution in [0.4, 0.5) is 0 Å². The molecule has 6 heteroatoms. The van der Waals surface area contributed by atoms with Gasteiger partial charge in [0.25, 0.3) is 0 Å². The van der Waals surface area contributed by atoms with Gasteiger partial charge in [0.15, 0.2) is 3.95 Å². The monoisotopic (exact) mass is 225 g/mol. The molecule has 1 aromatic carbocycles. The van der Waals surface area contributed by atoms with Gasteiger partial charge in [-0.2, -0.15) is 4.37 Å². The molecule has 2 aromatic heterocycles. The number of H-pyrrole nitrogens is 1. The van der Waals surface area contributed by atoms with Gasteiger partial charge < -0.3 is 0 Å². The van der Waals surface area contributed by atoms with Crippen LogP contribution in [0, 0.1) is 3.95 Å². The normalized spacial score (nSPS) is 11.4. The van der Waals surface area contributed by atoms with Crippen molar-refractivity contribution >= 4 is 56.5 Å². The Kier molecular flexibility index (Phi) is 1.49. The molecular weight excluding hydrogens is 222 g/mol. The quantitative estimate of drug-likeness (QED) is 0.598. The highest BCUT2D eigenvalue weighted by Crippen LogP contribution is 2.27. The minimum Gasteiger partial charge on any atom is -0.292 e. The molecule has 0 saturated carbocycles. The van der Waals surface area contributed by atoms with Crippen molar-refractivity contribution in [3.63, 3.8) is 0 Å². The van der Waals surface area contributed by atoms with Crippen molar-refractivity contribution < 1.29 is 0 Å². The van der Waals surface area contributed by atoms with Gasteiger partial charge in [0.05, 0.1) is 15.7 Å². The summed E-state index contributed by atoms with van der Waals surface area (Å²) in [5.74, 6) is 0. The van der Waals surface area contributed by atoms with E-state index in [0.717, 1.165) is 21.3 Å². The van der Waals surface area contributed by atoms with Gasteiger partial charge in [0, 0.05) is 11.7 Å². The fourth-order valence-electron chi connectivity index (χ4n) is 1.25. The summed E-state index contributed by atoms with van der Waals surface area (Å²) in [7, 11) is 0. The van der Waals surface area contributed by atoms with Crippen LogP contribution in [0.15, 0.2) is 12.1 Å². The Morgan fingerprint density at radius 3 is 3.08 bits per heavy atom. The SMILES string of the molecule is S=c1nc2ccc3ns[nH]c3c2s1. The van der Waals surface area contributed by atoms with Gasteiger partial charge in [0.2, 0.25) is 0 Å². The second kappa shape index (κ2) is 2.57. The Balaban J connectivity index is 2.71. The molecule has 0 atom stereocenters. The van der Waals surface area contributed by atoms with E-state index >= 15 is 0 Å². The van der Waals surface area contributed by atoms with Gasteiger partial charge in [-0.05, 0) is 24.4 Å². The maximum absolute atomic E-state index is 5.03. The third-order valence-corrected chi connectivity index (χ3v) is 3.62. The lowest BCUT2D eigenvalue weighted by Gasteiger charge is -1.87. The molecule has 0 saturated heterocycles. The lowest BCUT2D eigenvalue weighted by atomic mass is 10.3. The lowest BCUT2D eigenvalue weighted by molar-refractivity contribution is 1.47. The minimum absolute atomic E-state index is 0.683. The van der Waals surface area contributed by atoms with Crippen molar-refractivity contribution in [1.29, 1.82) is 0 Å². The zero-order chi connectivity index (χ0) is 8.84. The van der Waals surface area contributed by atoms with E-state index in [2.05, 4.69) is 13.7 Å². The molecule has 3 aromatic rings. The minimum atomic E-state index is 0.683. The lowest BCUT2D eigenvalue weighted by Crippen LogP contribution is -1.70. The fraction of sp³-hybridized carbons (Fsp3) is 0. The molecule has 0 aliphatic carbocycles. The standard InChI is InChI=1S/C7H3N3S3/c11-7-8-4-2-1-3-5(6(4)12-7)10-13-9-3/h1-2,10H. The number of aromatic nitrogens is 3. The van der Waals surface area contributed by atoms with Crippen LogP contribution >= 0.6 is 35.3 Å². The number of fused-ring (bicyclic) bond motifs is 3. The molecule has 64 valence electrons. The Labute approximate surface area is 86.4 Å². The third-order valence-electron chi connectivity index (χ3n) is 1.81. The number of nitrogens with one attached hydrogen (secondary N) is 1. The van der Waals surface area contributed by atoms with Crippen LogP contribution in [-0.2, 0) is 0 Å². The smallest absolute Gasteiger partial charge is 0.181 e. The van der Waals surface area contributed by atoms with Crippen molar-refractivity contribution in [3.8, 4) is 0 Å². The van der Waals surface area contributed by atoms with Crippen molar-refractivity contribution in [2.24, 2.45) is 0 Å². The number of thiazole rings is 1. The number of hydrogen-bond donors (Lipinski definition) is 1. The fourth-order valence-corrected chi connectivity index (χ4v) is 3.05.